The highest BCUT2D eigenvalue weighted by molar-refractivity contribution is 6.30. The van der Waals surface area contributed by atoms with Crippen LogP contribution < -0.4 is 5.32 Å². The number of ketones is 1. The number of amides is 1. The van der Waals surface area contributed by atoms with Crippen molar-refractivity contribution in [2.75, 3.05) is 0 Å². The van der Waals surface area contributed by atoms with Gasteiger partial charge in [0.2, 0.25) is 0 Å². The lowest BCUT2D eigenvalue weighted by Crippen LogP contribution is -2.38. The minimum Gasteiger partial charge on any atom is -0.345 e. The Bertz CT molecular complexity index is 770. The monoisotopic (exact) mass is 355 g/mol. The van der Waals surface area contributed by atoms with E-state index in [1.165, 1.54) is 0 Å². The average molecular weight is 356 g/mol. The minimum absolute atomic E-state index is 0.164. The van der Waals surface area contributed by atoms with Gasteiger partial charge in [0.1, 0.15) is 5.78 Å². The van der Waals surface area contributed by atoms with E-state index in [0.717, 1.165) is 30.4 Å². The summed E-state index contributed by atoms with van der Waals surface area (Å²) in [7, 11) is 0. The van der Waals surface area contributed by atoms with Gasteiger partial charge in [-0.25, -0.2) is 0 Å². The second kappa shape index (κ2) is 7.83. The molecule has 0 bridgehead atoms. The van der Waals surface area contributed by atoms with E-state index < -0.39 is 0 Å². The largest absolute Gasteiger partial charge is 0.345 e. The maximum absolute atomic E-state index is 12.7. The van der Waals surface area contributed by atoms with Gasteiger partial charge in [0.15, 0.2) is 0 Å². The number of rotatable bonds is 4. The van der Waals surface area contributed by atoms with Crippen LogP contribution >= 0.6 is 11.6 Å². The van der Waals surface area contributed by atoms with E-state index in [0.29, 0.717) is 17.0 Å². The molecule has 25 heavy (non-hydrogen) atoms. The summed E-state index contributed by atoms with van der Waals surface area (Å²) in [5, 5.41) is 3.68. The fraction of sp³-hybridized carbons (Fsp3) is 0.333. The van der Waals surface area contributed by atoms with Gasteiger partial charge in [0.25, 0.3) is 5.91 Å². The molecular formula is C21H22ClNO2. The number of carbonyl (C=O) groups excluding carboxylic acids is 2. The Balaban J connectivity index is 1.89. The summed E-state index contributed by atoms with van der Waals surface area (Å²) < 4.78 is 0. The first-order valence-corrected chi connectivity index (χ1v) is 9.08. The number of halogens is 1. The lowest BCUT2D eigenvalue weighted by molar-refractivity contribution is -0.125. The second-order valence-electron chi connectivity index (χ2n) is 6.69. The van der Waals surface area contributed by atoms with E-state index in [-0.39, 0.29) is 23.7 Å². The van der Waals surface area contributed by atoms with Crippen molar-refractivity contribution in [3.05, 3.63) is 70.2 Å². The zero-order valence-electron chi connectivity index (χ0n) is 14.3. The molecular weight excluding hydrogens is 334 g/mol. The fourth-order valence-electron chi connectivity index (χ4n) is 3.41. The first-order chi connectivity index (χ1) is 12.0. The molecule has 2 aromatic carbocycles. The summed E-state index contributed by atoms with van der Waals surface area (Å²) in [4.78, 5) is 25.2. The lowest BCUT2D eigenvalue weighted by Gasteiger charge is -2.30. The molecule has 2 aromatic rings. The highest BCUT2D eigenvalue weighted by Crippen LogP contribution is 2.33. The zero-order chi connectivity index (χ0) is 17.8. The van der Waals surface area contributed by atoms with E-state index in [1.807, 2.05) is 49.4 Å². The van der Waals surface area contributed by atoms with Crippen molar-refractivity contribution in [1.82, 2.24) is 5.32 Å². The average Bonchev–Trinajstić information content (AvgIpc) is 2.61. The Kier molecular flexibility index (Phi) is 5.54. The Hall–Kier alpha value is -2.13. The van der Waals surface area contributed by atoms with Gasteiger partial charge in [-0.2, -0.15) is 0 Å². The van der Waals surface area contributed by atoms with E-state index in [2.05, 4.69) is 5.32 Å². The third-order valence-electron chi connectivity index (χ3n) is 4.81. The van der Waals surface area contributed by atoms with Crippen LogP contribution in [0.2, 0.25) is 5.02 Å². The number of hydrogen-bond donors (Lipinski definition) is 1. The molecule has 1 aliphatic rings. The molecule has 1 amide bonds. The smallest absolute Gasteiger partial charge is 0.251 e. The van der Waals surface area contributed by atoms with Gasteiger partial charge >= 0.3 is 0 Å². The van der Waals surface area contributed by atoms with Crippen LogP contribution in [0.1, 0.15) is 53.2 Å². The van der Waals surface area contributed by atoms with Crippen LogP contribution in [0.3, 0.4) is 0 Å². The molecule has 4 heteroatoms. The van der Waals surface area contributed by atoms with Crippen LogP contribution in [0.4, 0.5) is 0 Å². The third kappa shape index (κ3) is 4.29. The Morgan fingerprint density at radius 1 is 1.16 bits per heavy atom. The first kappa shape index (κ1) is 17.7. The molecule has 1 fully saturated rings. The zero-order valence-corrected chi connectivity index (χ0v) is 15.1. The topological polar surface area (TPSA) is 46.2 Å². The summed E-state index contributed by atoms with van der Waals surface area (Å²) in [6.07, 6.45) is 3.32. The molecule has 0 aromatic heterocycles. The molecule has 3 nitrogen and oxygen atoms in total. The molecule has 0 spiro atoms. The van der Waals surface area contributed by atoms with Crippen LogP contribution in [-0.2, 0) is 4.79 Å². The van der Waals surface area contributed by atoms with Gasteiger partial charge in [0.05, 0.1) is 6.04 Å². The molecule has 0 saturated heterocycles. The molecule has 2 unspecified atom stereocenters. The number of aryl methyl sites for hydroxylation is 1. The van der Waals surface area contributed by atoms with Crippen molar-refractivity contribution >= 4 is 23.3 Å². The van der Waals surface area contributed by atoms with Crippen molar-refractivity contribution < 1.29 is 9.59 Å². The number of nitrogens with one attached hydrogen (secondary N) is 1. The highest BCUT2D eigenvalue weighted by Gasteiger charge is 2.32. The molecule has 1 saturated carbocycles. The number of hydrogen-bond acceptors (Lipinski definition) is 2. The summed E-state index contributed by atoms with van der Waals surface area (Å²) in [5.41, 5.74) is 2.58. The normalized spacial score (nSPS) is 18.6. The molecule has 2 atom stereocenters. The first-order valence-electron chi connectivity index (χ1n) is 8.70. The minimum atomic E-state index is -0.347. The summed E-state index contributed by atoms with van der Waals surface area (Å²) in [5.74, 6) is -0.134. The van der Waals surface area contributed by atoms with Crippen molar-refractivity contribution in [3.63, 3.8) is 0 Å². The van der Waals surface area contributed by atoms with Gasteiger partial charge in [0, 0.05) is 22.9 Å². The van der Waals surface area contributed by atoms with Gasteiger partial charge < -0.3 is 5.32 Å². The van der Waals surface area contributed by atoms with Crippen LogP contribution in [0, 0.1) is 12.8 Å². The molecule has 1 N–H and O–H groups in total. The summed E-state index contributed by atoms with van der Waals surface area (Å²) in [6.45, 7) is 1.98. The van der Waals surface area contributed by atoms with Gasteiger partial charge in [-0.15, -0.1) is 0 Å². The third-order valence-corrected chi connectivity index (χ3v) is 5.05. The highest BCUT2D eigenvalue weighted by atomic mass is 35.5. The van der Waals surface area contributed by atoms with Crippen LogP contribution in [-0.4, -0.2) is 11.7 Å². The maximum Gasteiger partial charge on any atom is 0.251 e. The van der Waals surface area contributed by atoms with E-state index in [9.17, 15) is 9.59 Å². The number of carbonyl (C=O) groups is 2. The van der Waals surface area contributed by atoms with Crippen molar-refractivity contribution in [3.8, 4) is 0 Å². The quantitative estimate of drug-likeness (QED) is 0.849. The number of Topliss-reactive ketones (excluding diaryl/α,β-unsaturated/α-hetero) is 1. The molecule has 0 aliphatic heterocycles. The Morgan fingerprint density at radius 2 is 1.92 bits per heavy atom. The van der Waals surface area contributed by atoms with Crippen LogP contribution in [0.25, 0.3) is 0 Å². The lowest BCUT2D eigenvalue weighted by atomic mass is 9.80. The Labute approximate surface area is 153 Å². The van der Waals surface area contributed by atoms with Gasteiger partial charge in [-0.1, -0.05) is 47.9 Å². The van der Waals surface area contributed by atoms with E-state index in [1.54, 1.807) is 6.07 Å². The maximum atomic E-state index is 12.7. The van der Waals surface area contributed by atoms with Crippen molar-refractivity contribution in [2.45, 2.75) is 38.6 Å². The van der Waals surface area contributed by atoms with Crippen LogP contribution in [0.5, 0.6) is 0 Å². The Morgan fingerprint density at radius 3 is 2.60 bits per heavy atom. The van der Waals surface area contributed by atoms with E-state index >= 15 is 0 Å². The van der Waals surface area contributed by atoms with Crippen LogP contribution in [0.15, 0.2) is 48.5 Å². The summed E-state index contributed by atoms with van der Waals surface area (Å²) >= 11 is 6.14. The SMILES string of the molecule is Cc1ccc(C(=O)NC(c2cccc(Cl)c2)C2CCCCC2=O)cc1. The predicted molar refractivity (Wildman–Crippen MR) is 99.8 cm³/mol. The molecule has 0 heterocycles. The second-order valence-corrected chi connectivity index (χ2v) is 7.13. The fourth-order valence-corrected chi connectivity index (χ4v) is 3.61. The van der Waals surface area contributed by atoms with Crippen molar-refractivity contribution in [1.29, 1.82) is 0 Å². The summed E-state index contributed by atoms with van der Waals surface area (Å²) in [6, 6.07) is 14.5. The molecule has 0 radical (unpaired) electrons. The molecule has 3 rings (SSSR count). The molecule has 130 valence electrons. The van der Waals surface area contributed by atoms with E-state index in [4.69, 9.17) is 11.6 Å². The van der Waals surface area contributed by atoms with Gasteiger partial charge in [-0.3, -0.25) is 9.59 Å². The standard InChI is InChI=1S/C21H22ClNO2/c1-14-9-11-15(12-10-14)21(25)23-20(16-5-4-6-17(22)13-16)18-7-2-3-8-19(18)24/h4-6,9-13,18,20H,2-3,7-8H2,1H3,(H,23,25). The predicted octanol–water partition coefficient (Wildman–Crippen LogP) is 4.88. The molecule has 1 aliphatic carbocycles. The number of benzene rings is 2. The van der Waals surface area contributed by atoms with Gasteiger partial charge in [-0.05, 0) is 49.6 Å². The van der Waals surface area contributed by atoms with Crippen molar-refractivity contribution in [2.24, 2.45) is 5.92 Å².